The highest BCUT2D eigenvalue weighted by Crippen LogP contribution is 2.44. The number of rotatable bonds is 7. The van der Waals surface area contributed by atoms with Crippen LogP contribution in [-0.2, 0) is 14.4 Å². The molecule has 0 bridgehead atoms. The molecule has 7 nitrogen and oxygen atoms in total. The van der Waals surface area contributed by atoms with E-state index in [1.165, 1.54) is 0 Å². The molecular weight excluding hydrogens is 334 g/mol. The van der Waals surface area contributed by atoms with E-state index in [1.807, 2.05) is 32.9 Å². The first-order chi connectivity index (χ1) is 12.4. The second kappa shape index (κ2) is 8.66. The number of hydrogen-bond acceptors (Lipinski definition) is 4. The van der Waals surface area contributed by atoms with Gasteiger partial charge < -0.3 is 20.6 Å². The first kappa shape index (κ1) is 20.4. The van der Waals surface area contributed by atoms with Gasteiger partial charge in [-0.15, -0.1) is 0 Å². The minimum Gasteiger partial charge on any atom is -0.396 e. The molecule has 1 aliphatic carbocycles. The van der Waals surface area contributed by atoms with Crippen LogP contribution in [0.3, 0.4) is 0 Å². The molecule has 5 atom stereocenters. The zero-order valence-corrected chi connectivity index (χ0v) is 16.1. The first-order valence-electron chi connectivity index (χ1n) is 9.48. The molecule has 0 aromatic carbocycles. The SMILES string of the molecule is CC[C@@H]1C=C[C@H]2[C@@H](C(=O)N(CCCO)[C@@H]2C(=O)NC(C)C)[C@@H]1C(=O)NC. The molecule has 0 aromatic rings. The van der Waals surface area contributed by atoms with Crippen molar-refractivity contribution in [1.29, 1.82) is 0 Å². The Hall–Kier alpha value is -1.89. The number of aliphatic hydroxyl groups is 1. The van der Waals surface area contributed by atoms with Gasteiger partial charge >= 0.3 is 0 Å². The number of allylic oxidation sites excluding steroid dienone is 1. The molecule has 0 aromatic heterocycles. The highest BCUT2D eigenvalue weighted by atomic mass is 16.3. The predicted molar refractivity (Wildman–Crippen MR) is 97.9 cm³/mol. The van der Waals surface area contributed by atoms with Gasteiger partial charge in [0.15, 0.2) is 0 Å². The van der Waals surface area contributed by atoms with Crippen molar-refractivity contribution >= 4 is 17.7 Å². The summed E-state index contributed by atoms with van der Waals surface area (Å²) in [6.07, 6.45) is 5.09. The average molecular weight is 365 g/mol. The maximum absolute atomic E-state index is 13.2. The number of carbonyl (C=O) groups is 3. The number of aliphatic hydroxyl groups excluding tert-OH is 1. The summed E-state index contributed by atoms with van der Waals surface area (Å²) in [5.74, 6) is -1.88. The van der Waals surface area contributed by atoms with Gasteiger partial charge in [0.2, 0.25) is 17.7 Å². The summed E-state index contributed by atoms with van der Waals surface area (Å²) in [7, 11) is 1.58. The summed E-state index contributed by atoms with van der Waals surface area (Å²) in [4.78, 5) is 40.1. The monoisotopic (exact) mass is 365 g/mol. The normalized spacial score (nSPS) is 30.5. The van der Waals surface area contributed by atoms with Crippen LogP contribution < -0.4 is 10.6 Å². The fraction of sp³-hybridized carbons (Fsp3) is 0.737. The standard InChI is InChI=1S/C19H31N3O4/c1-5-12-7-8-13-15(14(12)17(24)20-4)19(26)22(9-6-10-23)16(13)18(25)21-11(2)3/h7-8,11-16,23H,5-6,9-10H2,1-4H3,(H,20,24)(H,21,25)/t12-,13+,14-,15-,16+/m1/s1. The molecule has 0 radical (unpaired) electrons. The molecule has 2 rings (SSSR count). The number of amides is 3. The lowest BCUT2D eigenvalue weighted by Crippen LogP contribution is -2.49. The van der Waals surface area contributed by atoms with Gasteiger partial charge in [-0.2, -0.15) is 0 Å². The zero-order chi connectivity index (χ0) is 19.4. The number of fused-ring (bicyclic) bond motifs is 1. The molecule has 3 amide bonds. The second-order valence-electron chi connectivity index (χ2n) is 7.42. The lowest BCUT2D eigenvalue weighted by atomic mass is 9.69. The van der Waals surface area contributed by atoms with Gasteiger partial charge in [0.25, 0.3) is 0 Å². The van der Waals surface area contributed by atoms with Crippen molar-refractivity contribution in [3.8, 4) is 0 Å². The van der Waals surface area contributed by atoms with Gasteiger partial charge in [0, 0.05) is 32.2 Å². The molecule has 1 fully saturated rings. The van der Waals surface area contributed by atoms with E-state index in [0.717, 1.165) is 6.42 Å². The number of hydrogen-bond donors (Lipinski definition) is 3. The molecule has 146 valence electrons. The average Bonchev–Trinajstić information content (AvgIpc) is 2.90. The molecule has 1 saturated heterocycles. The summed E-state index contributed by atoms with van der Waals surface area (Å²) in [6, 6.07) is -0.676. The van der Waals surface area contributed by atoms with Crippen molar-refractivity contribution in [3.05, 3.63) is 12.2 Å². The van der Waals surface area contributed by atoms with Gasteiger partial charge in [0.05, 0.1) is 11.8 Å². The van der Waals surface area contributed by atoms with Crippen LogP contribution in [0.4, 0.5) is 0 Å². The Kier molecular flexibility index (Phi) is 6.81. The third-order valence-corrected chi connectivity index (χ3v) is 5.39. The van der Waals surface area contributed by atoms with Crippen LogP contribution in [-0.4, -0.2) is 60.0 Å². The molecule has 0 spiro atoms. The maximum Gasteiger partial charge on any atom is 0.243 e. The molecule has 7 heteroatoms. The Bertz CT molecular complexity index is 575. The number of nitrogens with one attached hydrogen (secondary N) is 2. The van der Waals surface area contributed by atoms with Gasteiger partial charge in [-0.1, -0.05) is 19.1 Å². The summed E-state index contributed by atoms with van der Waals surface area (Å²) in [6.45, 7) is 6.01. The molecule has 2 aliphatic rings. The number of nitrogens with zero attached hydrogens (tertiary/aromatic N) is 1. The summed E-state index contributed by atoms with van der Waals surface area (Å²) >= 11 is 0. The Morgan fingerprint density at radius 3 is 2.50 bits per heavy atom. The molecular formula is C19H31N3O4. The van der Waals surface area contributed by atoms with E-state index >= 15 is 0 Å². The highest BCUT2D eigenvalue weighted by Gasteiger charge is 2.56. The van der Waals surface area contributed by atoms with E-state index in [1.54, 1.807) is 11.9 Å². The van der Waals surface area contributed by atoms with Gasteiger partial charge in [-0.05, 0) is 32.6 Å². The van der Waals surface area contributed by atoms with Crippen LogP contribution in [0.25, 0.3) is 0 Å². The van der Waals surface area contributed by atoms with Crippen molar-refractivity contribution in [2.75, 3.05) is 20.2 Å². The van der Waals surface area contributed by atoms with Gasteiger partial charge in [-0.3, -0.25) is 14.4 Å². The molecule has 0 unspecified atom stereocenters. The van der Waals surface area contributed by atoms with Crippen LogP contribution >= 0.6 is 0 Å². The van der Waals surface area contributed by atoms with Crippen LogP contribution in [0.5, 0.6) is 0 Å². The van der Waals surface area contributed by atoms with Crippen LogP contribution in [0.1, 0.15) is 33.6 Å². The smallest absolute Gasteiger partial charge is 0.243 e. The molecule has 1 heterocycles. The lowest BCUT2D eigenvalue weighted by molar-refractivity contribution is -0.141. The van der Waals surface area contributed by atoms with Crippen molar-refractivity contribution in [1.82, 2.24) is 15.5 Å². The van der Waals surface area contributed by atoms with E-state index < -0.39 is 17.9 Å². The maximum atomic E-state index is 13.2. The Morgan fingerprint density at radius 2 is 1.96 bits per heavy atom. The third-order valence-electron chi connectivity index (χ3n) is 5.39. The van der Waals surface area contributed by atoms with Crippen molar-refractivity contribution < 1.29 is 19.5 Å². The van der Waals surface area contributed by atoms with E-state index in [2.05, 4.69) is 10.6 Å². The Balaban J connectivity index is 2.42. The van der Waals surface area contributed by atoms with Crippen molar-refractivity contribution in [2.24, 2.45) is 23.7 Å². The van der Waals surface area contributed by atoms with Crippen molar-refractivity contribution in [2.45, 2.75) is 45.7 Å². The zero-order valence-electron chi connectivity index (χ0n) is 16.1. The topological polar surface area (TPSA) is 98.7 Å². The Labute approximate surface area is 155 Å². The summed E-state index contributed by atoms with van der Waals surface area (Å²) < 4.78 is 0. The molecule has 3 N–H and O–H groups in total. The highest BCUT2D eigenvalue weighted by molar-refractivity contribution is 5.96. The second-order valence-corrected chi connectivity index (χ2v) is 7.42. The largest absolute Gasteiger partial charge is 0.396 e. The van der Waals surface area contributed by atoms with E-state index in [4.69, 9.17) is 0 Å². The fourth-order valence-electron chi connectivity index (χ4n) is 4.26. The number of likely N-dealkylation sites (tertiary alicyclic amines) is 1. The van der Waals surface area contributed by atoms with E-state index in [9.17, 15) is 19.5 Å². The molecule has 26 heavy (non-hydrogen) atoms. The van der Waals surface area contributed by atoms with Crippen LogP contribution in [0.2, 0.25) is 0 Å². The molecule has 1 aliphatic heterocycles. The minimum absolute atomic E-state index is 0.0215. The third kappa shape index (κ3) is 3.77. The Morgan fingerprint density at radius 1 is 1.27 bits per heavy atom. The first-order valence-corrected chi connectivity index (χ1v) is 9.48. The van der Waals surface area contributed by atoms with E-state index in [0.29, 0.717) is 13.0 Å². The van der Waals surface area contributed by atoms with Gasteiger partial charge in [0.1, 0.15) is 6.04 Å². The molecule has 0 saturated carbocycles. The summed E-state index contributed by atoms with van der Waals surface area (Å²) in [5.41, 5.74) is 0. The van der Waals surface area contributed by atoms with Crippen LogP contribution in [0.15, 0.2) is 12.2 Å². The number of carbonyl (C=O) groups excluding carboxylic acids is 3. The summed E-state index contributed by atoms with van der Waals surface area (Å²) in [5, 5.41) is 14.8. The quantitative estimate of drug-likeness (QED) is 0.565. The lowest BCUT2D eigenvalue weighted by Gasteiger charge is -2.33. The minimum atomic E-state index is -0.636. The van der Waals surface area contributed by atoms with E-state index in [-0.39, 0.29) is 42.2 Å². The predicted octanol–water partition coefficient (Wildman–Crippen LogP) is 0.295. The van der Waals surface area contributed by atoms with Crippen molar-refractivity contribution in [3.63, 3.8) is 0 Å². The van der Waals surface area contributed by atoms with Gasteiger partial charge in [-0.25, -0.2) is 0 Å². The van der Waals surface area contributed by atoms with Crippen LogP contribution in [0, 0.1) is 23.7 Å². The fourth-order valence-corrected chi connectivity index (χ4v) is 4.26.